The van der Waals surface area contributed by atoms with Gasteiger partial charge in [0.25, 0.3) is 0 Å². The first-order valence-electron chi connectivity index (χ1n) is 3.62. The molecule has 0 aliphatic heterocycles. The topological polar surface area (TPSA) is 40.5 Å². The summed E-state index contributed by atoms with van der Waals surface area (Å²) in [5.41, 5.74) is 0. The monoisotopic (exact) mass is 130 g/mol. The second-order valence-corrected chi connectivity index (χ2v) is 2.87. The van der Waals surface area contributed by atoms with E-state index in [1.165, 1.54) is 0 Å². The Kier molecular flexibility index (Phi) is 2.49. The number of hydrogen-bond donors (Lipinski definition) is 2. The zero-order valence-electron chi connectivity index (χ0n) is 5.58. The third-order valence-corrected chi connectivity index (χ3v) is 2.01. The molecule has 0 amide bonds. The molecule has 1 saturated carbocycles. The Morgan fingerprint density at radius 3 is 2.56 bits per heavy atom. The minimum atomic E-state index is -0.143. The summed E-state index contributed by atoms with van der Waals surface area (Å²) in [7, 11) is 0. The maximum Gasteiger partial charge on any atom is 0.0543 e. The van der Waals surface area contributed by atoms with Crippen LogP contribution < -0.4 is 0 Å². The first-order chi connectivity index (χ1) is 4.33. The lowest BCUT2D eigenvalue weighted by atomic mass is 9.88. The minimum absolute atomic E-state index is 0.143. The number of aliphatic hydroxyl groups is 2. The smallest absolute Gasteiger partial charge is 0.0543 e. The Hall–Kier alpha value is -0.0800. The van der Waals surface area contributed by atoms with Gasteiger partial charge >= 0.3 is 0 Å². The molecule has 9 heavy (non-hydrogen) atoms. The highest BCUT2D eigenvalue weighted by Gasteiger charge is 2.18. The summed E-state index contributed by atoms with van der Waals surface area (Å²) >= 11 is 0. The van der Waals surface area contributed by atoms with Crippen LogP contribution in [0.1, 0.15) is 25.7 Å². The fraction of sp³-hybridized carbons (Fsp3) is 1.00. The molecule has 54 valence electrons. The SMILES string of the molecule is OCC1CCCC(O)C1. The molecule has 1 aliphatic carbocycles. The van der Waals surface area contributed by atoms with Crippen LogP contribution in [0.3, 0.4) is 0 Å². The van der Waals surface area contributed by atoms with Crippen molar-refractivity contribution in [3.63, 3.8) is 0 Å². The average Bonchev–Trinajstić information content (AvgIpc) is 1.88. The third-order valence-electron chi connectivity index (χ3n) is 2.01. The minimum Gasteiger partial charge on any atom is -0.396 e. The molecule has 0 heterocycles. The van der Waals surface area contributed by atoms with Gasteiger partial charge in [-0.05, 0) is 25.2 Å². The van der Waals surface area contributed by atoms with Crippen LogP contribution in [0.5, 0.6) is 0 Å². The molecule has 2 heteroatoms. The van der Waals surface area contributed by atoms with Gasteiger partial charge in [-0.1, -0.05) is 6.42 Å². The standard InChI is InChI=1S/C7H14O2/c8-5-6-2-1-3-7(9)4-6/h6-9H,1-5H2. The lowest BCUT2D eigenvalue weighted by Crippen LogP contribution is -2.21. The van der Waals surface area contributed by atoms with E-state index in [-0.39, 0.29) is 12.7 Å². The fourth-order valence-electron chi connectivity index (χ4n) is 1.43. The highest BCUT2D eigenvalue weighted by atomic mass is 16.3. The van der Waals surface area contributed by atoms with Crippen LogP contribution in [-0.2, 0) is 0 Å². The molecule has 0 bridgehead atoms. The lowest BCUT2D eigenvalue weighted by molar-refractivity contribution is 0.0757. The van der Waals surface area contributed by atoms with Crippen molar-refractivity contribution in [2.75, 3.05) is 6.61 Å². The molecule has 0 aromatic rings. The Labute approximate surface area is 55.5 Å². The first kappa shape index (κ1) is 7.03. The van der Waals surface area contributed by atoms with Crippen molar-refractivity contribution in [2.45, 2.75) is 31.8 Å². The van der Waals surface area contributed by atoms with Gasteiger partial charge in [-0.25, -0.2) is 0 Å². The highest BCUT2D eigenvalue weighted by Crippen LogP contribution is 2.23. The predicted molar refractivity (Wildman–Crippen MR) is 35.1 cm³/mol. The quantitative estimate of drug-likeness (QED) is 0.543. The van der Waals surface area contributed by atoms with Crippen LogP contribution in [0.2, 0.25) is 0 Å². The summed E-state index contributed by atoms with van der Waals surface area (Å²) < 4.78 is 0. The van der Waals surface area contributed by atoms with Gasteiger partial charge in [0.05, 0.1) is 6.10 Å². The molecule has 2 unspecified atom stereocenters. The van der Waals surface area contributed by atoms with E-state index < -0.39 is 0 Å². The lowest BCUT2D eigenvalue weighted by Gasteiger charge is -2.23. The van der Waals surface area contributed by atoms with Crippen molar-refractivity contribution in [1.82, 2.24) is 0 Å². The van der Waals surface area contributed by atoms with Gasteiger partial charge in [-0.15, -0.1) is 0 Å². The van der Waals surface area contributed by atoms with E-state index in [0.29, 0.717) is 5.92 Å². The third kappa shape index (κ3) is 1.95. The van der Waals surface area contributed by atoms with E-state index in [2.05, 4.69) is 0 Å². The molecule has 0 radical (unpaired) electrons. The highest BCUT2D eigenvalue weighted by molar-refractivity contribution is 4.70. The summed E-state index contributed by atoms with van der Waals surface area (Å²) in [6.07, 6.45) is 3.75. The molecule has 1 aliphatic rings. The molecular weight excluding hydrogens is 116 g/mol. The van der Waals surface area contributed by atoms with Crippen molar-refractivity contribution in [3.05, 3.63) is 0 Å². The molecule has 1 rings (SSSR count). The van der Waals surface area contributed by atoms with Crippen molar-refractivity contribution in [3.8, 4) is 0 Å². The van der Waals surface area contributed by atoms with Crippen LogP contribution in [0.15, 0.2) is 0 Å². The molecule has 1 fully saturated rings. The number of hydrogen-bond acceptors (Lipinski definition) is 2. The average molecular weight is 130 g/mol. The first-order valence-corrected chi connectivity index (χ1v) is 3.62. The number of aliphatic hydroxyl groups excluding tert-OH is 2. The van der Waals surface area contributed by atoms with E-state index in [0.717, 1.165) is 25.7 Å². The summed E-state index contributed by atoms with van der Waals surface area (Å²) in [6.45, 7) is 0.247. The maximum absolute atomic E-state index is 9.10. The predicted octanol–water partition coefficient (Wildman–Crippen LogP) is 0.530. The second-order valence-electron chi connectivity index (χ2n) is 2.87. The zero-order chi connectivity index (χ0) is 6.69. The van der Waals surface area contributed by atoms with Crippen molar-refractivity contribution >= 4 is 0 Å². The zero-order valence-corrected chi connectivity index (χ0v) is 5.58. The Bertz CT molecular complexity index is 83.0. The van der Waals surface area contributed by atoms with Crippen molar-refractivity contribution in [2.24, 2.45) is 5.92 Å². The molecule has 2 nitrogen and oxygen atoms in total. The Morgan fingerprint density at radius 1 is 1.33 bits per heavy atom. The van der Waals surface area contributed by atoms with Gasteiger partial charge in [-0.3, -0.25) is 0 Å². The molecule has 0 spiro atoms. The van der Waals surface area contributed by atoms with Gasteiger partial charge in [-0.2, -0.15) is 0 Å². The largest absolute Gasteiger partial charge is 0.396 e. The molecule has 0 aromatic heterocycles. The van der Waals surface area contributed by atoms with Gasteiger partial charge < -0.3 is 10.2 Å². The molecular formula is C7H14O2. The summed E-state index contributed by atoms with van der Waals surface area (Å²) in [5, 5.41) is 17.8. The van der Waals surface area contributed by atoms with E-state index in [9.17, 15) is 0 Å². The van der Waals surface area contributed by atoms with E-state index >= 15 is 0 Å². The van der Waals surface area contributed by atoms with Gasteiger partial charge in [0.1, 0.15) is 0 Å². The van der Waals surface area contributed by atoms with E-state index in [1.54, 1.807) is 0 Å². The van der Waals surface area contributed by atoms with Crippen LogP contribution in [0.25, 0.3) is 0 Å². The summed E-state index contributed by atoms with van der Waals surface area (Å²) in [6, 6.07) is 0. The van der Waals surface area contributed by atoms with Gasteiger partial charge in [0.2, 0.25) is 0 Å². The molecule has 2 N–H and O–H groups in total. The summed E-state index contributed by atoms with van der Waals surface area (Å²) in [5.74, 6) is 0.369. The maximum atomic E-state index is 9.10. The van der Waals surface area contributed by atoms with Gasteiger partial charge in [0.15, 0.2) is 0 Å². The van der Waals surface area contributed by atoms with Crippen molar-refractivity contribution < 1.29 is 10.2 Å². The molecule has 2 atom stereocenters. The molecule has 0 saturated heterocycles. The fourth-order valence-corrected chi connectivity index (χ4v) is 1.43. The van der Waals surface area contributed by atoms with Crippen LogP contribution in [-0.4, -0.2) is 22.9 Å². The van der Waals surface area contributed by atoms with E-state index in [1.807, 2.05) is 0 Å². The van der Waals surface area contributed by atoms with Gasteiger partial charge in [0, 0.05) is 6.61 Å². The molecule has 0 aromatic carbocycles. The summed E-state index contributed by atoms with van der Waals surface area (Å²) in [4.78, 5) is 0. The Morgan fingerprint density at radius 2 is 2.11 bits per heavy atom. The van der Waals surface area contributed by atoms with Crippen LogP contribution >= 0.6 is 0 Å². The second kappa shape index (κ2) is 3.18. The van der Waals surface area contributed by atoms with Crippen molar-refractivity contribution in [1.29, 1.82) is 0 Å². The van der Waals surface area contributed by atoms with Crippen LogP contribution in [0, 0.1) is 5.92 Å². The Balaban J connectivity index is 2.23. The normalized spacial score (nSPS) is 36.7. The van der Waals surface area contributed by atoms with E-state index in [4.69, 9.17) is 10.2 Å². The number of rotatable bonds is 1. The van der Waals surface area contributed by atoms with Crippen LogP contribution in [0.4, 0.5) is 0 Å².